The van der Waals surface area contributed by atoms with Crippen LogP contribution in [-0.2, 0) is 11.3 Å². The van der Waals surface area contributed by atoms with E-state index in [1.165, 1.54) is 11.8 Å². The second-order valence-electron chi connectivity index (χ2n) is 5.34. The van der Waals surface area contributed by atoms with Gasteiger partial charge in [0.1, 0.15) is 0 Å². The van der Waals surface area contributed by atoms with Crippen LogP contribution < -0.4 is 4.90 Å². The zero-order chi connectivity index (χ0) is 16.9. The molecule has 1 fully saturated rings. The molecule has 8 heteroatoms. The number of halogens is 1. The average molecular weight is 367 g/mol. The summed E-state index contributed by atoms with van der Waals surface area (Å²) in [6, 6.07) is 6.94. The molecular formula is C16H19ClN4O2S. The lowest BCUT2D eigenvalue weighted by Gasteiger charge is -2.27. The summed E-state index contributed by atoms with van der Waals surface area (Å²) in [5, 5.41) is 9.96. The highest BCUT2D eigenvalue weighted by molar-refractivity contribution is 7.99. The molecule has 0 unspecified atom stereocenters. The number of hydrogen-bond donors (Lipinski definition) is 0. The highest BCUT2D eigenvalue weighted by atomic mass is 35.5. The topological polar surface area (TPSA) is 60.2 Å². The van der Waals surface area contributed by atoms with Gasteiger partial charge in [0.15, 0.2) is 10.9 Å². The van der Waals surface area contributed by atoms with E-state index >= 15 is 0 Å². The van der Waals surface area contributed by atoms with E-state index in [-0.39, 0.29) is 5.78 Å². The van der Waals surface area contributed by atoms with E-state index in [0.717, 1.165) is 30.7 Å². The Kier molecular flexibility index (Phi) is 5.76. The van der Waals surface area contributed by atoms with E-state index in [2.05, 4.69) is 22.0 Å². The lowest BCUT2D eigenvalue weighted by Crippen LogP contribution is -2.38. The second kappa shape index (κ2) is 8.00. The molecule has 0 bridgehead atoms. The zero-order valence-corrected chi connectivity index (χ0v) is 15.0. The van der Waals surface area contributed by atoms with Gasteiger partial charge in [-0.2, -0.15) is 0 Å². The van der Waals surface area contributed by atoms with Gasteiger partial charge in [-0.25, -0.2) is 0 Å². The molecule has 1 aliphatic heterocycles. The summed E-state index contributed by atoms with van der Waals surface area (Å²) in [5.74, 6) is 1.22. The van der Waals surface area contributed by atoms with Crippen LogP contribution in [0.25, 0.3) is 0 Å². The molecule has 0 N–H and O–H groups in total. The molecule has 3 rings (SSSR count). The molecule has 1 aliphatic rings. The summed E-state index contributed by atoms with van der Waals surface area (Å²) in [5.41, 5.74) is 0.655. The highest BCUT2D eigenvalue weighted by Gasteiger charge is 2.20. The number of carbonyl (C=O) groups excluding carboxylic acids is 1. The third-order valence-corrected chi connectivity index (χ3v) is 5.02. The van der Waals surface area contributed by atoms with Gasteiger partial charge < -0.3 is 9.64 Å². The summed E-state index contributed by atoms with van der Waals surface area (Å²) in [6.45, 7) is 5.84. The Bertz CT molecular complexity index is 699. The summed E-state index contributed by atoms with van der Waals surface area (Å²) >= 11 is 7.27. The van der Waals surface area contributed by atoms with Gasteiger partial charge in [0.05, 0.1) is 19.0 Å². The number of nitrogens with zero attached hydrogens (tertiary/aromatic N) is 4. The second-order valence-corrected chi connectivity index (χ2v) is 6.72. The van der Waals surface area contributed by atoms with Gasteiger partial charge in [-0.15, -0.1) is 10.2 Å². The molecule has 128 valence electrons. The van der Waals surface area contributed by atoms with Crippen molar-refractivity contribution in [2.45, 2.75) is 18.6 Å². The summed E-state index contributed by atoms with van der Waals surface area (Å²) in [4.78, 5) is 14.5. The lowest BCUT2D eigenvalue weighted by molar-refractivity contribution is 0.102. The number of aromatic nitrogens is 3. The first-order chi connectivity index (χ1) is 11.7. The minimum absolute atomic E-state index is 0.0512. The van der Waals surface area contributed by atoms with Gasteiger partial charge in [0.25, 0.3) is 0 Å². The van der Waals surface area contributed by atoms with Gasteiger partial charge in [-0.3, -0.25) is 9.36 Å². The fraction of sp³-hybridized carbons (Fsp3) is 0.438. The molecule has 1 saturated heterocycles. The predicted octanol–water partition coefficient (Wildman–Crippen LogP) is 2.76. The van der Waals surface area contributed by atoms with Crippen LogP contribution in [0.1, 0.15) is 17.3 Å². The molecular weight excluding hydrogens is 348 g/mol. The molecule has 0 atom stereocenters. The number of anilines is 1. The number of morpholine rings is 1. The molecule has 0 saturated carbocycles. The van der Waals surface area contributed by atoms with Crippen molar-refractivity contribution >= 4 is 35.1 Å². The number of ketones is 1. The predicted molar refractivity (Wildman–Crippen MR) is 95.2 cm³/mol. The Hall–Kier alpha value is -1.57. The number of thioether (sulfide) groups is 1. The first kappa shape index (κ1) is 17.3. The van der Waals surface area contributed by atoms with E-state index in [1.807, 2.05) is 4.57 Å². The standard InChI is InChI=1S/C16H19ClN4O2S/c1-2-21-15(20-7-9-23-10-8-20)18-19-16(21)24-11-14(22)12-3-5-13(17)6-4-12/h3-6H,2,7-11H2,1H3. The van der Waals surface area contributed by atoms with Crippen LogP contribution in [0.15, 0.2) is 29.4 Å². The molecule has 1 aromatic heterocycles. The van der Waals surface area contributed by atoms with Crippen molar-refractivity contribution in [1.29, 1.82) is 0 Å². The van der Waals surface area contributed by atoms with Gasteiger partial charge in [0, 0.05) is 30.2 Å². The normalized spacial score (nSPS) is 14.8. The number of hydrogen-bond acceptors (Lipinski definition) is 6. The van der Waals surface area contributed by atoms with Crippen LogP contribution in [0.5, 0.6) is 0 Å². The summed E-state index contributed by atoms with van der Waals surface area (Å²) in [7, 11) is 0. The van der Waals surface area contributed by atoms with Gasteiger partial charge in [-0.1, -0.05) is 23.4 Å². The highest BCUT2D eigenvalue weighted by Crippen LogP contribution is 2.23. The molecule has 0 aliphatic carbocycles. The minimum atomic E-state index is 0.0512. The number of ether oxygens (including phenoxy) is 1. The third kappa shape index (κ3) is 3.91. The van der Waals surface area contributed by atoms with Crippen LogP contribution in [0, 0.1) is 0 Å². The average Bonchev–Trinajstić information content (AvgIpc) is 3.04. The van der Waals surface area contributed by atoms with Crippen molar-refractivity contribution in [2.24, 2.45) is 0 Å². The molecule has 0 spiro atoms. The van der Waals surface area contributed by atoms with Crippen LogP contribution in [0.4, 0.5) is 5.95 Å². The van der Waals surface area contributed by atoms with Crippen molar-refractivity contribution in [2.75, 3.05) is 37.0 Å². The monoisotopic (exact) mass is 366 g/mol. The molecule has 2 heterocycles. The molecule has 24 heavy (non-hydrogen) atoms. The van der Waals surface area contributed by atoms with Crippen LogP contribution in [0.2, 0.25) is 5.02 Å². The molecule has 0 amide bonds. The Labute approximate surface area is 150 Å². The van der Waals surface area contributed by atoms with Crippen molar-refractivity contribution < 1.29 is 9.53 Å². The first-order valence-electron chi connectivity index (χ1n) is 7.86. The van der Waals surface area contributed by atoms with E-state index in [4.69, 9.17) is 16.3 Å². The van der Waals surface area contributed by atoms with E-state index in [1.54, 1.807) is 24.3 Å². The first-order valence-corrected chi connectivity index (χ1v) is 9.23. The number of carbonyl (C=O) groups is 1. The quantitative estimate of drug-likeness (QED) is 0.578. The van der Waals surface area contributed by atoms with Crippen LogP contribution >= 0.6 is 23.4 Å². The Morgan fingerprint density at radius 3 is 2.62 bits per heavy atom. The number of Topliss-reactive ketones (excluding diaryl/α,β-unsaturated/α-hetero) is 1. The number of rotatable bonds is 6. The number of benzene rings is 1. The Balaban J connectivity index is 1.67. The zero-order valence-electron chi connectivity index (χ0n) is 13.4. The maximum Gasteiger partial charge on any atom is 0.228 e. The van der Waals surface area contributed by atoms with Crippen molar-refractivity contribution in [1.82, 2.24) is 14.8 Å². The van der Waals surface area contributed by atoms with Crippen LogP contribution in [0.3, 0.4) is 0 Å². The Morgan fingerprint density at radius 1 is 1.25 bits per heavy atom. The van der Waals surface area contributed by atoms with E-state index in [9.17, 15) is 4.79 Å². The maximum absolute atomic E-state index is 12.3. The van der Waals surface area contributed by atoms with Crippen molar-refractivity contribution in [3.8, 4) is 0 Å². The molecule has 6 nitrogen and oxygen atoms in total. The SMILES string of the molecule is CCn1c(SCC(=O)c2ccc(Cl)cc2)nnc1N1CCOCC1. The molecule has 2 aromatic rings. The van der Waals surface area contributed by atoms with Crippen LogP contribution in [-0.4, -0.2) is 52.6 Å². The third-order valence-electron chi connectivity index (χ3n) is 3.81. The lowest BCUT2D eigenvalue weighted by atomic mass is 10.1. The smallest absolute Gasteiger partial charge is 0.228 e. The molecule has 0 radical (unpaired) electrons. The largest absolute Gasteiger partial charge is 0.378 e. The van der Waals surface area contributed by atoms with Crippen molar-refractivity contribution in [3.63, 3.8) is 0 Å². The fourth-order valence-corrected chi connectivity index (χ4v) is 3.53. The summed E-state index contributed by atoms with van der Waals surface area (Å²) < 4.78 is 7.43. The van der Waals surface area contributed by atoms with Gasteiger partial charge >= 0.3 is 0 Å². The molecule has 1 aromatic carbocycles. The van der Waals surface area contributed by atoms with E-state index < -0.39 is 0 Å². The maximum atomic E-state index is 12.3. The van der Waals surface area contributed by atoms with Crippen molar-refractivity contribution in [3.05, 3.63) is 34.9 Å². The summed E-state index contributed by atoms with van der Waals surface area (Å²) in [6.07, 6.45) is 0. The fourth-order valence-electron chi connectivity index (χ4n) is 2.51. The van der Waals surface area contributed by atoms with Gasteiger partial charge in [0.2, 0.25) is 5.95 Å². The van der Waals surface area contributed by atoms with E-state index in [0.29, 0.717) is 29.6 Å². The van der Waals surface area contributed by atoms with Gasteiger partial charge in [-0.05, 0) is 31.2 Å². The Morgan fingerprint density at radius 2 is 1.96 bits per heavy atom. The minimum Gasteiger partial charge on any atom is -0.378 e.